The van der Waals surface area contributed by atoms with Crippen LogP contribution in [0.4, 0.5) is 34.1 Å². The van der Waals surface area contributed by atoms with Gasteiger partial charge in [0.05, 0.1) is 5.41 Å². The van der Waals surface area contributed by atoms with Crippen molar-refractivity contribution in [1.29, 1.82) is 0 Å². The van der Waals surface area contributed by atoms with Crippen molar-refractivity contribution in [2.45, 2.75) is 5.41 Å². The summed E-state index contributed by atoms with van der Waals surface area (Å²) in [6.45, 7) is 0. The lowest BCUT2D eigenvalue weighted by Crippen LogP contribution is -2.29. The van der Waals surface area contributed by atoms with Crippen LogP contribution in [0.2, 0.25) is 0 Å². The van der Waals surface area contributed by atoms with E-state index in [1.54, 1.807) is 0 Å². The first-order valence-electron chi connectivity index (χ1n) is 31.5. The molecule has 4 aromatic heterocycles. The van der Waals surface area contributed by atoms with Gasteiger partial charge in [-0.3, -0.25) is 9.97 Å². The largest absolute Gasteiger partial charge is 0.455 e. The van der Waals surface area contributed by atoms with E-state index >= 15 is 0 Å². The van der Waals surface area contributed by atoms with E-state index in [0.29, 0.717) is 0 Å². The number of hydrogen-bond donors (Lipinski definition) is 0. The lowest BCUT2D eigenvalue weighted by molar-refractivity contribution is 0.632. The third-order valence-corrected chi connectivity index (χ3v) is 18.3. The predicted molar refractivity (Wildman–Crippen MR) is 381 cm³/mol. The molecule has 17 rings (SSSR count). The first-order valence-corrected chi connectivity index (χ1v) is 31.5. The van der Waals surface area contributed by atoms with E-state index in [1.807, 2.05) is 49.1 Å². The number of anilines is 6. The highest BCUT2D eigenvalue weighted by molar-refractivity contribution is 6.05. The van der Waals surface area contributed by atoms with Crippen molar-refractivity contribution in [3.8, 4) is 78.3 Å². The summed E-state index contributed by atoms with van der Waals surface area (Å²) in [5.74, 6) is 1.67. The fourth-order valence-electron chi connectivity index (χ4n) is 14.1. The number of pyridine rings is 2. The Bertz CT molecular complexity index is 5000. The summed E-state index contributed by atoms with van der Waals surface area (Å²) in [6, 6.07) is 118. The number of furan rings is 2. The van der Waals surface area contributed by atoms with Gasteiger partial charge in [-0.05, 0) is 152 Å². The highest BCUT2D eigenvalue weighted by Gasteiger charge is 2.47. The highest BCUT2D eigenvalue weighted by Crippen LogP contribution is 2.59. The summed E-state index contributed by atoms with van der Waals surface area (Å²) in [7, 11) is 0. The molecule has 0 saturated heterocycles. The van der Waals surface area contributed by atoms with Crippen LogP contribution >= 0.6 is 0 Å². The zero-order valence-electron chi connectivity index (χ0n) is 50.6. The fourth-order valence-corrected chi connectivity index (χ4v) is 14.1. The number of hydrogen-bond acceptors (Lipinski definition) is 6. The molecule has 0 amide bonds. The van der Waals surface area contributed by atoms with Gasteiger partial charge in [-0.2, -0.15) is 0 Å². The molecule has 0 bridgehead atoms. The normalized spacial score (nSPS) is 12.2. The molecule has 1 aliphatic carbocycles. The van der Waals surface area contributed by atoms with E-state index in [-0.39, 0.29) is 0 Å². The lowest BCUT2D eigenvalue weighted by Gasteiger charge is -2.35. The topological polar surface area (TPSA) is 58.5 Å². The Kier molecular flexibility index (Phi) is 13.7. The Morgan fingerprint density at radius 1 is 0.258 bits per heavy atom. The van der Waals surface area contributed by atoms with Crippen LogP contribution in [0.25, 0.3) is 100 Å². The quantitative estimate of drug-likeness (QED) is 0.108. The Balaban J connectivity index is 0.871. The second-order valence-corrected chi connectivity index (χ2v) is 23.6. The van der Waals surface area contributed by atoms with Crippen LogP contribution in [0.15, 0.2) is 361 Å². The van der Waals surface area contributed by atoms with E-state index in [4.69, 9.17) is 8.83 Å². The van der Waals surface area contributed by atoms with Crippen molar-refractivity contribution < 1.29 is 8.83 Å². The first kappa shape index (κ1) is 54.7. The van der Waals surface area contributed by atoms with E-state index < -0.39 is 5.41 Å². The summed E-state index contributed by atoms with van der Waals surface area (Å²) in [6.07, 6.45) is 7.47. The maximum absolute atomic E-state index is 7.08. The minimum atomic E-state index is -0.800. The Morgan fingerprint density at radius 2 is 0.581 bits per heavy atom. The van der Waals surface area contributed by atoms with Crippen molar-refractivity contribution in [3.05, 3.63) is 375 Å². The minimum Gasteiger partial charge on any atom is -0.455 e. The number of benzene rings is 12. The molecule has 0 unspecified atom stereocenters. The van der Waals surface area contributed by atoms with Gasteiger partial charge in [0.25, 0.3) is 0 Å². The van der Waals surface area contributed by atoms with Crippen molar-refractivity contribution >= 4 is 56.1 Å². The molecular weight excluding hydrogens is 1130 g/mol. The van der Waals surface area contributed by atoms with Crippen LogP contribution in [0.3, 0.4) is 0 Å². The van der Waals surface area contributed by atoms with Crippen molar-refractivity contribution in [3.63, 3.8) is 0 Å². The molecular formula is C87H58N4O2. The van der Waals surface area contributed by atoms with Gasteiger partial charge in [0.15, 0.2) is 0 Å². The van der Waals surface area contributed by atoms with E-state index in [0.717, 1.165) is 145 Å². The number of nitrogens with zero attached hydrogens (tertiary/aromatic N) is 4. The average molecular weight is 1190 g/mol. The van der Waals surface area contributed by atoms with E-state index in [2.05, 4.69) is 323 Å². The van der Waals surface area contributed by atoms with Gasteiger partial charge in [0, 0.05) is 104 Å². The van der Waals surface area contributed by atoms with Crippen molar-refractivity contribution in [2.24, 2.45) is 0 Å². The summed E-state index contributed by atoms with van der Waals surface area (Å²) in [5.41, 5.74) is 24.3. The van der Waals surface area contributed by atoms with Gasteiger partial charge in [0.2, 0.25) is 0 Å². The molecule has 0 spiro atoms. The first-order chi connectivity index (χ1) is 46.1. The third-order valence-electron chi connectivity index (χ3n) is 18.3. The van der Waals surface area contributed by atoms with Crippen molar-refractivity contribution in [1.82, 2.24) is 9.97 Å². The summed E-state index contributed by atoms with van der Waals surface area (Å²) in [5, 5.41) is 2.08. The standard InChI is InChI=1S/C87H58N4O2/c1-7-21-61(22-8-1)83-77-49-45-73(55-81(77)92-85(83)63-25-11-3-12-26-63)90(69-39-35-59(36-40-69)65-29-19-51-88-57-65)71-43-47-75-76-48-44-72(54-80(76)87(79(75)53-71,67-31-15-5-16-32-67)68-33-17-6-18-34-68)91(70-41-37-60(38-42-70)66-30-20-52-89-58-66)74-46-50-78-82(56-74)93-86(64-27-13-4-14-28-64)84(78)62-23-9-2-10-24-62/h1-58H. The van der Waals surface area contributed by atoms with Gasteiger partial charge in [-0.1, -0.05) is 231 Å². The Morgan fingerprint density at radius 3 is 0.946 bits per heavy atom. The summed E-state index contributed by atoms with van der Waals surface area (Å²) < 4.78 is 14.2. The van der Waals surface area contributed by atoms with Crippen LogP contribution in [-0.2, 0) is 5.41 Å². The SMILES string of the molecule is c1ccc(-c2oc3cc(N(c4ccc(-c5cccnc5)cc4)c4ccc5c(c4)C(c4ccccc4)(c4ccccc4)c4cc(N(c6ccc(-c7cccnc7)cc6)c6ccc7c(-c8ccccc8)c(-c8ccccc8)oc7c6)ccc4-5)ccc3c2-c2ccccc2)cc1. The molecule has 16 aromatic rings. The molecule has 4 heterocycles. The molecule has 1 aliphatic rings. The van der Waals surface area contributed by atoms with Crippen molar-refractivity contribution in [2.75, 3.05) is 9.80 Å². The highest BCUT2D eigenvalue weighted by atomic mass is 16.3. The minimum absolute atomic E-state index is 0.793. The maximum Gasteiger partial charge on any atom is 0.143 e. The van der Waals surface area contributed by atoms with Gasteiger partial charge >= 0.3 is 0 Å². The molecule has 0 atom stereocenters. The molecule has 6 heteroatoms. The molecule has 12 aromatic carbocycles. The average Bonchev–Trinajstić information content (AvgIpc) is 1.54. The van der Waals surface area contributed by atoms with Crippen LogP contribution in [0.5, 0.6) is 0 Å². The van der Waals surface area contributed by atoms with E-state index in [1.165, 1.54) is 11.1 Å². The second kappa shape index (κ2) is 23.2. The molecule has 6 nitrogen and oxygen atoms in total. The van der Waals surface area contributed by atoms with Crippen LogP contribution in [-0.4, -0.2) is 9.97 Å². The molecule has 0 aliphatic heterocycles. The number of rotatable bonds is 14. The zero-order chi connectivity index (χ0) is 61.7. The fraction of sp³-hybridized carbons (Fsp3) is 0.0115. The number of aromatic nitrogens is 2. The molecule has 0 radical (unpaired) electrons. The van der Waals surface area contributed by atoms with Crippen LogP contribution in [0.1, 0.15) is 22.3 Å². The van der Waals surface area contributed by atoms with Gasteiger partial charge < -0.3 is 18.6 Å². The zero-order valence-corrected chi connectivity index (χ0v) is 50.6. The molecule has 0 fully saturated rings. The van der Waals surface area contributed by atoms with Gasteiger partial charge in [-0.25, -0.2) is 0 Å². The smallest absolute Gasteiger partial charge is 0.143 e. The molecule has 0 saturated carbocycles. The number of fused-ring (bicyclic) bond motifs is 5. The monoisotopic (exact) mass is 1190 g/mol. The van der Waals surface area contributed by atoms with Crippen LogP contribution < -0.4 is 9.80 Å². The second-order valence-electron chi connectivity index (χ2n) is 23.6. The van der Waals surface area contributed by atoms with Crippen LogP contribution in [0, 0.1) is 0 Å². The predicted octanol–water partition coefficient (Wildman–Crippen LogP) is 23.3. The molecule has 438 valence electrons. The Labute approximate surface area is 539 Å². The van der Waals surface area contributed by atoms with E-state index in [9.17, 15) is 0 Å². The summed E-state index contributed by atoms with van der Waals surface area (Å²) >= 11 is 0. The molecule has 0 N–H and O–H groups in total. The summed E-state index contributed by atoms with van der Waals surface area (Å²) in [4.78, 5) is 13.7. The van der Waals surface area contributed by atoms with Gasteiger partial charge in [0.1, 0.15) is 22.7 Å². The molecule has 93 heavy (non-hydrogen) atoms. The maximum atomic E-state index is 7.08. The lowest BCUT2D eigenvalue weighted by atomic mass is 9.67. The van der Waals surface area contributed by atoms with Gasteiger partial charge in [-0.15, -0.1) is 0 Å². The third kappa shape index (κ3) is 9.59. The Hall–Kier alpha value is -12.4.